The molecular formula is C18H16N2S4. The summed E-state index contributed by atoms with van der Waals surface area (Å²) in [5.74, 6) is 0. The summed E-state index contributed by atoms with van der Waals surface area (Å²) in [6.45, 7) is 8.59. The van der Waals surface area contributed by atoms with E-state index in [1.165, 1.54) is 31.7 Å². The monoisotopic (exact) mass is 388 g/mol. The maximum atomic E-state index is 4.75. The van der Waals surface area contributed by atoms with Gasteiger partial charge >= 0.3 is 0 Å². The number of fused-ring (bicyclic) bond motifs is 2. The highest BCUT2D eigenvalue weighted by molar-refractivity contribution is 8.77. The first kappa shape index (κ1) is 16.4. The van der Waals surface area contributed by atoms with Crippen molar-refractivity contribution in [1.29, 1.82) is 0 Å². The molecule has 122 valence electrons. The smallest absolute Gasteiger partial charge is 0.162 e. The molecule has 0 bridgehead atoms. The SMILES string of the molecule is Cc1cc2nc(SSc3nc4cc(C)c(C)cc4s3)sc2cc1C. The van der Waals surface area contributed by atoms with Gasteiger partial charge in [-0.3, -0.25) is 0 Å². The van der Waals surface area contributed by atoms with E-state index < -0.39 is 0 Å². The van der Waals surface area contributed by atoms with Gasteiger partial charge in [-0.15, -0.1) is 22.7 Å². The molecule has 4 aromatic rings. The van der Waals surface area contributed by atoms with E-state index >= 15 is 0 Å². The topological polar surface area (TPSA) is 25.8 Å². The van der Waals surface area contributed by atoms with Crippen LogP contribution in [0, 0.1) is 27.7 Å². The van der Waals surface area contributed by atoms with E-state index in [1.54, 1.807) is 44.3 Å². The van der Waals surface area contributed by atoms with Crippen molar-refractivity contribution < 1.29 is 0 Å². The van der Waals surface area contributed by atoms with Crippen LogP contribution in [0.25, 0.3) is 20.4 Å². The molecule has 0 aliphatic carbocycles. The molecule has 0 amide bonds. The van der Waals surface area contributed by atoms with Crippen LogP contribution in [0.3, 0.4) is 0 Å². The fraction of sp³-hybridized carbons (Fsp3) is 0.222. The second-order valence-corrected chi connectivity index (χ2v) is 10.6. The molecule has 0 saturated heterocycles. The van der Waals surface area contributed by atoms with Crippen molar-refractivity contribution in [2.75, 3.05) is 0 Å². The summed E-state index contributed by atoms with van der Waals surface area (Å²) in [4.78, 5) is 9.50. The van der Waals surface area contributed by atoms with Gasteiger partial charge in [0.25, 0.3) is 0 Å². The fourth-order valence-electron chi connectivity index (χ4n) is 2.46. The van der Waals surface area contributed by atoms with E-state index in [0.717, 1.165) is 19.7 Å². The molecule has 0 aliphatic rings. The van der Waals surface area contributed by atoms with Crippen LogP contribution in [0.5, 0.6) is 0 Å². The summed E-state index contributed by atoms with van der Waals surface area (Å²) >= 11 is 3.52. The van der Waals surface area contributed by atoms with Crippen LogP contribution in [-0.2, 0) is 0 Å². The second-order valence-electron chi connectivity index (χ2n) is 5.93. The van der Waals surface area contributed by atoms with Crippen molar-refractivity contribution in [1.82, 2.24) is 9.97 Å². The molecule has 2 aromatic heterocycles. The third-order valence-corrected chi connectivity index (χ3v) is 9.16. The Morgan fingerprint density at radius 2 is 1.00 bits per heavy atom. The number of aryl methyl sites for hydroxylation is 4. The first-order chi connectivity index (χ1) is 11.5. The highest BCUT2D eigenvalue weighted by Gasteiger charge is 2.10. The Kier molecular flexibility index (Phi) is 4.33. The lowest BCUT2D eigenvalue weighted by atomic mass is 10.1. The Hall–Kier alpha value is -1.08. The first-order valence-electron chi connectivity index (χ1n) is 7.60. The number of benzene rings is 2. The molecule has 0 fully saturated rings. The van der Waals surface area contributed by atoms with E-state index in [-0.39, 0.29) is 0 Å². The lowest BCUT2D eigenvalue weighted by Crippen LogP contribution is -1.79. The van der Waals surface area contributed by atoms with Crippen LogP contribution >= 0.6 is 44.3 Å². The molecule has 6 heteroatoms. The molecule has 4 rings (SSSR count). The highest BCUT2D eigenvalue weighted by atomic mass is 33.1. The van der Waals surface area contributed by atoms with Gasteiger partial charge in [0.1, 0.15) is 0 Å². The predicted molar refractivity (Wildman–Crippen MR) is 110 cm³/mol. The van der Waals surface area contributed by atoms with Crippen molar-refractivity contribution in [3.63, 3.8) is 0 Å². The maximum absolute atomic E-state index is 4.75. The van der Waals surface area contributed by atoms with Gasteiger partial charge in [-0.05, 0) is 95.8 Å². The zero-order valence-corrected chi connectivity index (χ0v) is 17.1. The predicted octanol–water partition coefficient (Wildman–Crippen LogP) is 6.94. The Bertz CT molecular complexity index is 898. The van der Waals surface area contributed by atoms with Crippen molar-refractivity contribution in [3.8, 4) is 0 Å². The first-order valence-corrected chi connectivity index (χ1v) is 11.4. The van der Waals surface area contributed by atoms with E-state index in [4.69, 9.17) is 9.97 Å². The van der Waals surface area contributed by atoms with Gasteiger partial charge < -0.3 is 0 Å². The quantitative estimate of drug-likeness (QED) is 0.355. The normalized spacial score (nSPS) is 11.7. The number of hydrogen-bond acceptors (Lipinski definition) is 6. The summed E-state index contributed by atoms with van der Waals surface area (Å²) in [7, 11) is 3.41. The summed E-state index contributed by atoms with van der Waals surface area (Å²) in [6, 6.07) is 8.83. The van der Waals surface area contributed by atoms with Crippen LogP contribution in [0.2, 0.25) is 0 Å². The molecule has 0 radical (unpaired) electrons. The Morgan fingerprint density at radius 3 is 1.42 bits per heavy atom. The van der Waals surface area contributed by atoms with Gasteiger partial charge in [0.15, 0.2) is 8.68 Å². The molecule has 0 spiro atoms. The third-order valence-electron chi connectivity index (χ3n) is 4.15. The Labute approximate surface area is 157 Å². The minimum absolute atomic E-state index is 1.09. The molecule has 2 heterocycles. The van der Waals surface area contributed by atoms with Gasteiger partial charge in [0.05, 0.1) is 20.4 Å². The molecule has 0 aliphatic heterocycles. The molecule has 0 saturated carbocycles. The molecule has 2 nitrogen and oxygen atoms in total. The van der Waals surface area contributed by atoms with Crippen LogP contribution < -0.4 is 0 Å². The average Bonchev–Trinajstić information content (AvgIpc) is 3.09. The maximum Gasteiger partial charge on any atom is 0.162 e. The lowest BCUT2D eigenvalue weighted by Gasteiger charge is -1.96. The molecule has 0 unspecified atom stereocenters. The van der Waals surface area contributed by atoms with Crippen molar-refractivity contribution in [2.45, 2.75) is 36.4 Å². The second kappa shape index (κ2) is 6.33. The van der Waals surface area contributed by atoms with Crippen molar-refractivity contribution >= 4 is 64.7 Å². The Balaban J connectivity index is 1.58. The molecule has 0 N–H and O–H groups in total. The number of aromatic nitrogens is 2. The number of rotatable bonds is 3. The molecule has 0 atom stereocenters. The molecule has 24 heavy (non-hydrogen) atoms. The Morgan fingerprint density at radius 1 is 0.625 bits per heavy atom. The van der Waals surface area contributed by atoms with Gasteiger partial charge in [-0.2, -0.15) is 0 Å². The lowest BCUT2D eigenvalue weighted by molar-refractivity contribution is 1.29. The van der Waals surface area contributed by atoms with Crippen LogP contribution in [0.4, 0.5) is 0 Å². The zero-order valence-electron chi connectivity index (χ0n) is 13.8. The summed E-state index contributed by atoms with van der Waals surface area (Å²) < 4.78 is 4.70. The minimum atomic E-state index is 1.09. The number of nitrogens with zero attached hydrogens (tertiary/aromatic N) is 2. The van der Waals surface area contributed by atoms with Gasteiger partial charge in [0.2, 0.25) is 0 Å². The largest absolute Gasteiger partial charge is 0.229 e. The molecular weight excluding hydrogens is 372 g/mol. The van der Waals surface area contributed by atoms with E-state index in [2.05, 4.69) is 52.0 Å². The van der Waals surface area contributed by atoms with Gasteiger partial charge in [-0.1, -0.05) is 0 Å². The summed E-state index contributed by atoms with van der Waals surface area (Å²) in [6.07, 6.45) is 0. The number of hydrogen-bond donors (Lipinski definition) is 0. The number of thiazole rings is 2. The minimum Gasteiger partial charge on any atom is -0.229 e. The van der Waals surface area contributed by atoms with E-state index in [9.17, 15) is 0 Å². The van der Waals surface area contributed by atoms with Gasteiger partial charge in [-0.25, -0.2) is 9.97 Å². The van der Waals surface area contributed by atoms with Crippen LogP contribution in [-0.4, -0.2) is 9.97 Å². The molecule has 2 aromatic carbocycles. The highest BCUT2D eigenvalue weighted by Crippen LogP contribution is 2.43. The third kappa shape index (κ3) is 3.08. The fourth-order valence-corrected chi connectivity index (χ4v) is 7.11. The van der Waals surface area contributed by atoms with Crippen LogP contribution in [0.1, 0.15) is 22.3 Å². The summed E-state index contributed by atoms with van der Waals surface area (Å²) in [5.41, 5.74) is 7.45. The van der Waals surface area contributed by atoms with Crippen LogP contribution in [0.15, 0.2) is 32.9 Å². The van der Waals surface area contributed by atoms with Crippen molar-refractivity contribution in [3.05, 3.63) is 46.5 Å². The average molecular weight is 389 g/mol. The zero-order chi connectivity index (χ0) is 16.8. The summed E-state index contributed by atoms with van der Waals surface area (Å²) in [5, 5.41) is 0. The van der Waals surface area contributed by atoms with Gasteiger partial charge in [0, 0.05) is 0 Å². The van der Waals surface area contributed by atoms with E-state index in [0.29, 0.717) is 0 Å². The van der Waals surface area contributed by atoms with E-state index in [1.807, 2.05) is 0 Å². The standard InChI is InChI=1S/C18H16N2S4/c1-9-5-13-15(7-11(9)3)21-17(19-13)23-24-18-20-14-6-10(2)12(4)8-16(14)22-18/h5-8H,1-4H3. The van der Waals surface area contributed by atoms with Crippen molar-refractivity contribution in [2.24, 2.45) is 0 Å².